The molecular formula is C7H7FO2. The molecule has 0 aromatic heterocycles. The van der Waals surface area contributed by atoms with Crippen LogP contribution in [-0.4, -0.2) is 13.2 Å². The number of rotatable bonds is 1. The van der Waals surface area contributed by atoms with E-state index in [4.69, 9.17) is 9.47 Å². The summed E-state index contributed by atoms with van der Waals surface area (Å²) in [7, 11) is 1.44. The van der Waals surface area contributed by atoms with Gasteiger partial charge in [-0.05, 0) is 0 Å². The highest BCUT2D eigenvalue weighted by Crippen LogP contribution is 2.37. The van der Waals surface area contributed by atoms with Crippen LogP contribution in [-0.2, 0) is 9.47 Å². The van der Waals surface area contributed by atoms with Gasteiger partial charge in [0.15, 0.2) is 11.5 Å². The molecule has 3 heteroatoms. The number of methoxy groups -OCH3 is 1. The van der Waals surface area contributed by atoms with Crippen molar-refractivity contribution in [2.45, 2.75) is 12.5 Å². The van der Waals surface area contributed by atoms with Crippen molar-refractivity contribution in [3.63, 3.8) is 0 Å². The molecule has 0 N–H and O–H groups in total. The van der Waals surface area contributed by atoms with Crippen molar-refractivity contribution in [3.8, 4) is 0 Å². The molecule has 0 saturated carbocycles. The zero-order chi connectivity index (χ0) is 7.14. The fraction of sp³-hybridized carbons (Fsp3) is 0.429. The van der Waals surface area contributed by atoms with Gasteiger partial charge in [-0.25, -0.2) is 4.39 Å². The molecule has 0 saturated heterocycles. The first-order valence-electron chi connectivity index (χ1n) is 3.12. The van der Waals surface area contributed by atoms with Gasteiger partial charge in [0.25, 0.3) is 0 Å². The number of halogens is 1. The van der Waals surface area contributed by atoms with Gasteiger partial charge in [-0.1, -0.05) is 0 Å². The van der Waals surface area contributed by atoms with Crippen molar-refractivity contribution in [3.05, 3.63) is 23.4 Å². The normalized spacial score (nSPS) is 28.6. The lowest BCUT2D eigenvalue weighted by molar-refractivity contribution is 0.0591. The first-order chi connectivity index (χ1) is 4.81. The average Bonchev–Trinajstić information content (AvgIpc) is 1.85. The van der Waals surface area contributed by atoms with Gasteiger partial charge in [0, 0.05) is 12.5 Å². The van der Waals surface area contributed by atoms with Crippen LogP contribution in [0.25, 0.3) is 0 Å². The van der Waals surface area contributed by atoms with Crippen LogP contribution < -0.4 is 0 Å². The Labute approximate surface area is 57.9 Å². The van der Waals surface area contributed by atoms with Crippen LogP contribution in [0.1, 0.15) is 6.42 Å². The molecule has 1 unspecified atom stereocenters. The maximum Gasteiger partial charge on any atom is 0.192 e. The zero-order valence-corrected chi connectivity index (χ0v) is 5.56. The van der Waals surface area contributed by atoms with E-state index >= 15 is 0 Å². The van der Waals surface area contributed by atoms with Crippen molar-refractivity contribution >= 4 is 0 Å². The fourth-order valence-corrected chi connectivity index (χ4v) is 1.18. The van der Waals surface area contributed by atoms with Gasteiger partial charge >= 0.3 is 0 Å². The molecule has 3 aliphatic rings. The van der Waals surface area contributed by atoms with Gasteiger partial charge in [0.05, 0.1) is 7.11 Å². The number of ether oxygens (including phenoxy) is 2. The molecule has 2 heterocycles. The van der Waals surface area contributed by atoms with Gasteiger partial charge < -0.3 is 9.47 Å². The topological polar surface area (TPSA) is 18.5 Å². The van der Waals surface area contributed by atoms with Gasteiger partial charge in [-0.15, -0.1) is 0 Å². The monoisotopic (exact) mass is 142 g/mol. The molecule has 1 aliphatic carbocycles. The lowest BCUT2D eigenvalue weighted by atomic mass is 10.0. The van der Waals surface area contributed by atoms with E-state index in [1.165, 1.54) is 7.11 Å². The number of fused-ring (bicyclic) bond motifs is 1. The molecule has 0 aromatic carbocycles. The highest BCUT2D eigenvalue weighted by molar-refractivity contribution is 5.35. The predicted molar refractivity (Wildman–Crippen MR) is 32.7 cm³/mol. The molecule has 1 atom stereocenters. The second kappa shape index (κ2) is 1.75. The van der Waals surface area contributed by atoms with Crippen LogP contribution in [0.15, 0.2) is 23.4 Å². The van der Waals surface area contributed by atoms with Crippen molar-refractivity contribution in [2.75, 3.05) is 7.11 Å². The molecule has 10 heavy (non-hydrogen) atoms. The summed E-state index contributed by atoms with van der Waals surface area (Å²) >= 11 is 0. The molecular weight excluding hydrogens is 135 g/mol. The van der Waals surface area contributed by atoms with E-state index in [0.29, 0.717) is 12.2 Å². The van der Waals surface area contributed by atoms with Crippen molar-refractivity contribution in [1.82, 2.24) is 0 Å². The van der Waals surface area contributed by atoms with E-state index in [9.17, 15) is 4.39 Å². The van der Waals surface area contributed by atoms with E-state index in [1.807, 2.05) is 6.08 Å². The third kappa shape index (κ3) is 0.574. The highest BCUT2D eigenvalue weighted by Gasteiger charge is 2.34. The Bertz CT molecular complexity index is 230. The first kappa shape index (κ1) is 5.77. The predicted octanol–water partition coefficient (Wildman–Crippen LogP) is 1.50. The summed E-state index contributed by atoms with van der Waals surface area (Å²) in [5.74, 6) is 0.620. The summed E-state index contributed by atoms with van der Waals surface area (Å²) in [6.45, 7) is 0. The third-order valence-electron chi connectivity index (χ3n) is 1.67. The molecule has 0 fully saturated rings. The molecule has 2 nitrogen and oxygen atoms in total. The summed E-state index contributed by atoms with van der Waals surface area (Å²) in [6, 6.07) is 0. The number of hydrogen-bond donors (Lipinski definition) is 0. The molecule has 0 spiro atoms. The summed E-state index contributed by atoms with van der Waals surface area (Å²) in [5, 5.41) is 0. The second-order valence-corrected chi connectivity index (χ2v) is 2.33. The molecule has 2 aliphatic heterocycles. The van der Waals surface area contributed by atoms with Crippen LogP contribution in [0.4, 0.5) is 4.39 Å². The summed E-state index contributed by atoms with van der Waals surface area (Å²) in [4.78, 5) is 0. The van der Waals surface area contributed by atoms with E-state index < -0.39 is 0 Å². The molecule has 3 rings (SSSR count). The minimum absolute atomic E-state index is 0.0334. The second-order valence-electron chi connectivity index (χ2n) is 2.33. The van der Waals surface area contributed by atoms with E-state index in [0.717, 1.165) is 0 Å². The van der Waals surface area contributed by atoms with E-state index in [-0.39, 0.29) is 17.7 Å². The van der Waals surface area contributed by atoms with Crippen molar-refractivity contribution in [2.24, 2.45) is 0 Å². The van der Waals surface area contributed by atoms with Gasteiger partial charge in [0.1, 0.15) is 11.9 Å². The van der Waals surface area contributed by atoms with Gasteiger partial charge in [0.2, 0.25) is 0 Å². The van der Waals surface area contributed by atoms with Crippen LogP contribution in [0, 0.1) is 0 Å². The quantitative estimate of drug-likeness (QED) is 0.552. The summed E-state index contributed by atoms with van der Waals surface area (Å²) < 4.78 is 22.6. The third-order valence-corrected chi connectivity index (χ3v) is 1.67. The Balaban J connectivity index is 2.33. The lowest BCUT2D eigenvalue weighted by Gasteiger charge is -2.32. The van der Waals surface area contributed by atoms with Crippen molar-refractivity contribution in [1.29, 1.82) is 0 Å². The molecule has 0 radical (unpaired) electrons. The lowest BCUT2D eigenvalue weighted by Crippen LogP contribution is -2.27. The molecule has 2 bridgehead atoms. The maximum absolute atomic E-state index is 12.8. The van der Waals surface area contributed by atoms with Crippen LogP contribution in [0.5, 0.6) is 0 Å². The van der Waals surface area contributed by atoms with E-state index in [2.05, 4.69) is 0 Å². The minimum atomic E-state index is -0.198. The maximum atomic E-state index is 12.8. The molecule has 0 aromatic rings. The Kier molecular flexibility index (Phi) is 1.01. The van der Waals surface area contributed by atoms with Gasteiger partial charge in [-0.3, -0.25) is 0 Å². The Morgan fingerprint density at radius 2 is 2.50 bits per heavy atom. The zero-order valence-electron chi connectivity index (χ0n) is 5.56. The smallest absolute Gasteiger partial charge is 0.192 e. The Morgan fingerprint density at radius 3 is 2.90 bits per heavy atom. The Morgan fingerprint density at radius 1 is 1.80 bits per heavy atom. The minimum Gasteiger partial charge on any atom is -0.491 e. The van der Waals surface area contributed by atoms with Crippen molar-refractivity contribution < 1.29 is 13.9 Å². The fourth-order valence-electron chi connectivity index (χ4n) is 1.18. The summed E-state index contributed by atoms with van der Waals surface area (Å²) in [5.41, 5.74) is 0. The van der Waals surface area contributed by atoms with Crippen LogP contribution >= 0.6 is 0 Å². The van der Waals surface area contributed by atoms with Gasteiger partial charge in [-0.2, -0.15) is 0 Å². The average molecular weight is 142 g/mol. The van der Waals surface area contributed by atoms with E-state index in [1.54, 1.807) is 0 Å². The summed E-state index contributed by atoms with van der Waals surface area (Å²) in [6.07, 6.45) is 2.16. The highest BCUT2D eigenvalue weighted by atomic mass is 19.1. The first-order valence-corrected chi connectivity index (χ1v) is 3.12. The van der Waals surface area contributed by atoms with Crippen LogP contribution in [0.2, 0.25) is 0 Å². The molecule has 54 valence electrons. The van der Waals surface area contributed by atoms with Crippen LogP contribution in [0.3, 0.4) is 0 Å². The Hall–Kier alpha value is -0.990. The SMILES string of the molecule is COC1=C(F)CC2C=C1O2. The standard InChI is InChI=1S/C7H7FO2/c1-9-7-5(8)2-4-3-6(7)10-4/h3-4H,2H2,1H3. The molecule has 0 amide bonds. The largest absolute Gasteiger partial charge is 0.491 e. The number of hydrogen-bond acceptors (Lipinski definition) is 2.